The van der Waals surface area contributed by atoms with E-state index in [1.54, 1.807) is 18.2 Å². The van der Waals surface area contributed by atoms with Crippen molar-refractivity contribution < 1.29 is 13.9 Å². The zero-order chi connectivity index (χ0) is 17.4. The van der Waals surface area contributed by atoms with Crippen molar-refractivity contribution in [1.29, 1.82) is 0 Å². The summed E-state index contributed by atoms with van der Waals surface area (Å²) in [5.74, 6) is 1.38. The van der Waals surface area contributed by atoms with Gasteiger partial charge in [0.2, 0.25) is 5.91 Å². The molecule has 2 heterocycles. The molecule has 1 aromatic carbocycles. The number of aromatic nitrogens is 2. The maximum atomic E-state index is 12.3. The number of fused-ring (bicyclic) bond motifs is 1. The zero-order valence-electron chi connectivity index (χ0n) is 13.7. The minimum Gasteiger partial charge on any atom is -0.497 e. The van der Waals surface area contributed by atoms with Crippen molar-refractivity contribution in [3.8, 4) is 5.75 Å². The Morgan fingerprint density at radius 2 is 2.20 bits per heavy atom. The van der Waals surface area contributed by atoms with Crippen LogP contribution in [0, 0.1) is 0 Å². The van der Waals surface area contributed by atoms with Gasteiger partial charge in [-0.05, 0) is 30.5 Å². The number of hydrogen-bond acceptors (Lipinski definition) is 5. The van der Waals surface area contributed by atoms with Crippen molar-refractivity contribution in [1.82, 2.24) is 10.2 Å². The molecule has 0 bridgehead atoms. The number of nitrogens with zero attached hydrogens (tertiary/aromatic N) is 1. The van der Waals surface area contributed by atoms with Gasteiger partial charge in [-0.15, -0.1) is 0 Å². The number of hydrogen-bond donors (Lipinski definition) is 2. The van der Waals surface area contributed by atoms with Gasteiger partial charge in [0.1, 0.15) is 11.3 Å². The Kier molecular flexibility index (Phi) is 3.76. The Morgan fingerprint density at radius 3 is 2.96 bits per heavy atom. The van der Waals surface area contributed by atoms with E-state index in [1.165, 1.54) is 13.2 Å². The number of anilines is 1. The summed E-state index contributed by atoms with van der Waals surface area (Å²) in [5, 5.41) is 10.5. The first-order chi connectivity index (χ1) is 12.1. The summed E-state index contributed by atoms with van der Waals surface area (Å²) < 4.78 is 10.3. The highest BCUT2D eigenvalue weighted by atomic mass is 16.5. The Balaban J connectivity index is 1.56. The number of aromatic amines is 1. The van der Waals surface area contributed by atoms with Crippen molar-refractivity contribution in [2.24, 2.45) is 0 Å². The molecule has 7 heteroatoms. The number of carbonyl (C=O) groups is 1. The lowest BCUT2D eigenvalue weighted by molar-refractivity contribution is -0.115. The van der Waals surface area contributed by atoms with Gasteiger partial charge in [0.05, 0.1) is 13.5 Å². The SMILES string of the molecule is COc1ccc2c(CC(=O)Nc3cc(C4CC4)[nH]n3)cc(=O)oc2c1. The van der Waals surface area contributed by atoms with Crippen LogP contribution < -0.4 is 15.7 Å². The van der Waals surface area contributed by atoms with Gasteiger partial charge in [-0.1, -0.05) is 0 Å². The van der Waals surface area contributed by atoms with E-state index < -0.39 is 5.63 Å². The molecule has 0 spiro atoms. The van der Waals surface area contributed by atoms with Gasteiger partial charge >= 0.3 is 5.63 Å². The molecule has 7 nitrogen and oxygen atoms in total. The van der Waals surface area contributed by atoms with Crippen LogP contribution in [0.5, 0.6) is 5.75 Å². The maximum Gasteiger partial charge on any atom is 0.336 e. The molecule has 1 fully saturated rings. The zero-order valence-corrected chi connectivity index (χ0v) is 13.7. The quantitative estimate of drug-likeness (QED) is 0.696. The van der Waals surface area contributed by atoms with Gasteiger partial charge in [-0.2, -0.15) is 5.10 Å². The number of ether oxygens (including phenoxy) is 1. The van der Waals surface area contributed by atoms with Crippen LogP contribution in [0.2, 0.25) is 0 Å². The lowest BCUT2D eigenvalue weighted by Gasteiger charge is -2.07. The second-order valence-corrected chi connectivity index (χ2v) is 6.16. The third-order valence-corrected chi connectivity index (χ3v) is 4.27. The molecule has 0 radical (unpaired) electrons. The average Bonchev–Trinajstić information content (AvgIpc) is 3.34. The van der Waals surface area contributed by atoms with Crippen LogP contribution in [0.25, 0.3) is 11.0 Å². The summed E-state index contributed by atoms with van der Waals surface area (Å²) in [7, 11) is 1.54. The first-order valence-electron chi connectivity index (χ1n) is 8.08. The van der Waals surface area contributed by atoms with E-state index in [2.05, 4.69) is 15.5 Å². The van der Waals surface area contributed by atoms with Crippen molar-refractivity contribution in [3.05, 3.63) is 52.0 Å². The molecular formula is C18H17N3O4. The number of amides is 1. The largest absolute Gasteiger partial charge is 0.497 e. The second kappa shape index (κ2) is 6.08. The number of rotatable bonds is 5. The molecule has 1 amide bonds. The third-order valence-electron chi connectivity index (χ3n) is 4.27. The highest BCUT2D eigenvalue weighted by Crippen LogP contribution is 2.39. The van der Waals surface area contributed by atoms with Crippen LogP contribution in [0.4, 0.5) is 5.82 Å². The van der Waals surface area contributed by atoms with Crippen molar-refractivity contribution in [2.45, 2.75) is 25.2 Å². The fourth-order valence-corrected chi connectivity index (χ4v) is 2.85. The van der Waals surface area contributed by atoms with E-state index in [0.717, 1.165) is 18.5 Å². The van der Waals surface area contributed by atoms with E-state index in [-0.39, 0.29) is 12.3 Å². The number of benzene rings is 1. The molecular weight excluding hydrogens is 322 g/mol. The molecule has 1 aliphatic carbocycles. The summed E-state index contributed by atoms with van der Waals surface area (Å²) in [6.07, 6.45) is 2.37. The van der Waals surface area contributed by atoms with Gasteiger partial charge in [-0.25, -0.2) is 4.79 Å². The number of H-pyrrole nitrogens is 1. The fraction of sp³-hybridized carbons (Fsp3) is 0.278. The molecule has 0 saturated heterocycles. The topological polar surface area (TPSA) is 97.2 Å². The van der Waals surface area contributed by atoms with Crippen molar-refractivity contribution in [3.63, 3.8) is 0 Å². The Morgan fingerprint density at radius 1 is 1.36 bits per heavy atom. The molecule has 0 atom stereocenters. The summed E-state index contributed by atoms with van der Waals surface area (Å²) in [4.78, 5) is 24.1. The number of carbonyl (C=O) groups excluding carboxylic acids is 1. The van der Waals surface area contributed by atoms with E-state index in [4.69, 9.17) is 9.15 Å². The summed E-state index contributed by atoms with van der Waals surface area (Å²) in [6, 6.07) is 8.37. The first kappa shape index (κ1) is 15.4. The van der Waals surface area contributed by atoms with E-state index in [0.29, 0.717) is 34.0 Å². The number of methoxy groups -OCH3 is 1. The molecule has 3 aromatic rings. The van der Waals surface area contributed by atoms with Gasteiger partial charge in [0.25, 0.3) is 0 Å². The maximum absolute atomic E-state index is 12.3. The lowest BCUT2D eigenvalue weighted by Crippen LogP contribution is -2.16. The summed E-state index contributed by atoms with van der Waals surface area (Å²) >= 11 is 0. The summed E-state index contributed by atoms with van der Waals surface area (Å²) in [6.45, 7) is 0. The molecule has 1 aliphatic rings. The fourth-order valence-electron chi connectivity index (χ4n) is 2.85. The Labute approximate surface area is 143 Å². The lowest BCUT2D eigenvalue weighted by atomic mass is 10.1. The minimum absolute atomic E-state index is 0.0556. The van der Waals surface area contributed by atoms with Crippen molar-refractivity contribution >= 4 is 22.7 Å². The van der Waals surface area contributed by atoms with Gasteiger partial charge < -0.3 is 14.5 Å². The molecule has 4 rings (SSSR count). The normalized spacial score (nSPS) is 13.8. The predicted octanol–water partition coefficient (Wildman–Crippen LogP) is 2.58. The molecule has 0 aliphatic heterocycles. The monoisotopic (exact) mass is 339 g/mol. The van der Waals surface area contributed by atoms with Crippen molar-refractivity contribution in [2.75, 3.05) is 12.4 Å². The van der Waals surface area contributed by atoms with Crippen LogP contribution in [0.15, 0.2) is 39.5 Å². The standard InChI is InChI=1S/C18H17N3O4/c1-24-12-4-5-13-11(7-18(23)25-15(13)8-12)6-17(22)19-16-9-14(20-21-16)10-2-3-10/h4-5,7-10H,2-3,6H2,1H3,(H2,19,20,21,22). The smallest absolute Gasteiger partial charge is 0.336 e. The molecule has 0 unspecified atom stereocenters. The molecule has 2 N–H and O–H groups in total. The minimum atomic E-state index is -0.501. The Bertz CT molecular complexity index is 1000. The average molecular weight is 339 g/mol. The van der Waals surface area contributed by atoms with Gasteiger partial charge in [0, 0.05) is 35.2 Å². The van der Waals surface area contributed by atoms with E-state index in [9.17, 15) is 9.59 Å². The highest BCUT2D eigenvalue weighted by molar-refractivity contribution is 5.94. The Hall–Kier alpha value is -3.09. The first-order valence-corrected chi connectivity index (χ1v) is 8.08. The van der Waals surface area contributed by atoms with Crippen LogP contribution in [0.1, 0.15) is 30.0 Å². The molecule has 25 heavy (non-hydrogen) atoms. The predicted molar refractivity (Wildman–Crippen MR) is 91.9 cm³/mol. The molecule has 1 saturated carbocycles. The second-order valence-electron chi connectivity index (χ2n) is 6.16. The van der Waals surface area contributed by atoms with Crippen LogP contribution in [-0.2, 0) is 11.2 Å². The highest BCUT2D eigenvalue weighted by Gasteiger charge is 2.25. The number of nitrogens with one attached hydrogen (secondary N) is 2. The van der Waals surface area contributed by atoms with E-state index in [1.807, 2.05) is 6.07 Å². The van der Waals surface area contributed by atoms with Gasteiger partial charge in [-0.3, -0.25) is 9.89 Å². The van der Waals surface area contributed by atoms with Crippen LogP contribution in [-0.4, -0.2) is 23.2 Å². The van der Waals surface area contributed by atoms with Gasteiger partial charge in [0.15, 0.2) is 5.82 Å². The summed E-state index contributed by atoms with van der Waals surface area (Å²) in [5.41, 5.74) is 1.54. The molecule has 2 aromatic heterocycles. The third kappa shape index (κ3) is 3.26. The molecule has 128 valence electrons. The van der Waals surface area contributed by atoms with Crippen LogP contribution in [0.3, 0.4) is 0 Å². The van der Waals surface area contributed by atoms with E-state index >= 15 is 0 Å². The van der Waals surface area contributed by atoms with Crippen LogP contribution >= 0.6 is 0 Å².